The van der Waals surface area contributed by atoms with Crippen LogP contribution in [0, 0.1) is 0 Å². The Labute approximate surface area is 71.8 Å². The Kier molecular flexibility index (Phi) is 1.96. The van der Waals surface area contributed by atoms with Crippen molar-refractivity contribution in [3.05, 3.63) is 24.0 Å². The molecule has 0 spiro atoms. The highest BCUT2D eigenvalue weighted by atomic mass is 16.5. The van der Waals surface area contributed by atoms with Crippen molar-refractivity contribution in [2.24, 2.45) is 0 Å². The molecule has 0 unspecified atom stereocenters. The van der Waals surface area contributed by atoms with Gasteiger partial charge in [0.2, 0.25) is 0 Å². The molecule has 2 rings (SSSR count). The molecule has 0 aromatic carbocycles. The van der Waals surface area contributed by atoms with E-state index in [2.05, 4.69) is 10.3 Å². The SMILES string of the molecule is COc1cccnc1C1CNC1. The summed E-state index contributed by atoms with van der Waals surface area (Å²) in [7, 11) is 1.69. The molecule has 1 fully saturated rings. The molecule has 0 amide bonds. The van der Waals surface area contributed by atoms with E-state index in [9.17, 15) is 0 Å². The van der Waals surface area contributed by atoms with Gasteiger partial charge in [-0.25, -0.2) is 0 Å². The molecule has 0 atom stereocenters. The number of aromatic nitrogens is 1. The third-order valence-corrected chi connectivity index (χ3v) is 2.19. The number of pyridine rings is 1. The summed E-state index contributed by atoms with van der Waals surface area (Å²) >= 11 is 0. The minimum Gasteiger partial charge on any atom is -0.495 e. The maximum absolute atomic E-state index is 5.21. The first kappa shape index (κ1) is 7.55. The first-order chi connectivity index (χ1) is 5.92. The van der Waals surface area contributed by atoms with E-state index in [0.29, 0.717) is 5.92 Å². The highest BCUT2D eigenvalue weighted by Gasteiger charge is 2.23. The average molecular weight is 164 g/mol. The summed E-state index contributed by atoms with van der Waals surface area (Å²) in [5.74, 6) is 1.45. The Hall–Kier alpha value is -1.09. The summed E-state index contributed by atoms with van der Waals surface area (Å²) in [5, 5.41) is 3.22. The Morgan fingerprint density at radius 3 is 3.00 bits per heavy atom. The second-order valence-electron chi connectivity index (χ2n) is 2.95. The van der Waals surface area contributed by atoms with E-state index in [0.717, 1.165) is 24.5 Å². The Morgan fingerprint density at radius 1 is 1.58 bits per heavy atom. The summed E-state index contributed by atoms with van der Waals surface area (Å²) in [4.78, 5) is 4.31. The molecule has 1 saturated heterocycles. The van der Waals surface area contributed by atoms with Crippen molar-refractivity contribution >= 4 is 0 Å². The maximum Gasteiger partial charge on any atom is 0.140 e. The third-order valence-electron chi connectivity index (χ3n) is 2.19. The summed E-state index contributed by atoms with van der Waals surface area (Å²) in [6.45, 7) is 2.04. The van der Waals surface area contributed by atoms with Gasteiger partial charge in [-0.2, -0.15) is 0 Å². The van der Waals surface area contributed by atoms with Gasteiger partial charge in [0.1, 0.15) is 5.75 Å². The van der Waals surface area contributed by atoms with Gasteiger partial charge in [-0.05, 0) is 12.1 Å². The van der Waals surface area contributed by atoms with Crippen molar-refractivity contribution < 1.29 is 4.74 Å². The van der Waals surface area contributed by atoms with Crippen molar-refractivity contribution in [3.63, 3.8) is 0 Å². The molecule has 0 aliphatic carbocycles. The lowest BCUT2D eigenvalue weighted by Gasteiger charge is -2.27. The molecule has 0 saturated carbocycles. The van der Waals surface area contributed by atoms with Crippen LogP contribution in [0.3, 0.4) is 0 Å². The van der Waals surface area contributed by atoms with Gasteiger partial charge in [-0.15, -0.1) is 0 Å². The minimum atomic E-state index is 0.543. The van der Waals surface area contributed by atoms with E-state index in [4.69, 9.17) is 4.74 Å². The molecule has 1 aliphatic heterocycles. The monoisotopic (exact) mass is 164 g/mol. The molecule has 3 nitrogen and oxygen atoms in total. The zero-order valence-corrected chi connectivity index (χ0v) is 7.08. The van der Waals surface area contributed by atoms with Crippen LogP contribution >= 0.6 is 0 Å². The number of nitrogens with one attached hydrogen (secondary N) is 1. The van der Waals surface area contributed by atoms with Crippen molar-refractivity contribution in [2.45, 2.75) is 5.92 Å². The fourth-order valence-corrected chi connectivity index (χ4v) is 1.36. The maximum atomic E-state index is 5.21. The smallest absolute Gasteiger partial charge is 0.140 e. The number of methoxy groups -OCH3 is 1. The Balaban J connectivity index is 2.27. The van der Waals surface area contributed by atoms with E-state index in [1.807, 2.05) is 18.3 Å². The molecule has 1 aromatic rings. The Morgan fingerprint density at radius 2 is 2.42 bits per heavy atom. The lowest BCUT2D eigenvalue weighted by Crippen LogP contribution is -2.40. The number of rotatable bonds is 2. The molecule has 64 valence electrons. The second kappa shape index (κ2) is 3.11. The lowest BCUT2D eigenvalue weighted by molar-refractivity contribution is 0.378. The molecule has 0 bridgehead atoms. The van der Waals surface area contributed by atoms with Gasteiger partial charge in [0.25, 0.3) is 0 Å². The molecular weight excluding hydrogens is 152 g/mol. The van der Waals surface area contributed by atoms with Gasteiger partial charge in [-0.1, -0.05) is 0 Å². The highest BCUT2D eigenvalue weighted by Crippen LogP contribution is 2.26. The van der Waals surface area contributed by atoms with Gasteiger partial charge < -0.3 is 10.1 Å². The summed E-state index contributed by atoms with van der Waals surface area (Å²) in [5.41, 5.74) is 1.08. The molecule has 1 aromatic heterocycles. The fourth-order valence-electron chi connectivity index (χ4n) is 1.36. The largest absolute Gasteiger partial charge is 0.495 e. The zero-order chi connectivity index (χ0) is 8.39. The van der Waals surface area contributed by atoms with Crippen LogP contribution < -0.4 is 10.1 Å². The quantitative estimate of drug-likeness (QED) is 0.701. The van der Waals surface area contributed by atoms with Crippen molar-refractivity contribution in [1.82, 2.24) is 10.3 Å². The van der Waals surface area contributed by atoms with Crippen molar-refractivity contribution in [3.8, 4) is 5.75 Å². The number of ether oxygens (including phenoxy) is 1. The van der Waals surface area contributed by atoms with Crippen LogP contribution in [0.4, 0.5) is 0 Å². The van der Waals surface area contributed by atoms with E-state index in [1.54, 1.807) is 7.11 Å². The number of hydrogen-bond acceptors (Lipinski definition) is 3. The molecule has 3 heteroatoms. The predicted octanol–water partition coefficient (Wildman–Crippen LogP) is 0.777. The van der Waals surface area contributed by atoms with Crippen LogP contribution in [0.5, 0.6) is 5.75 Å². The summed E-state index contributed by atoms with van der Waals surface area (Å²) in [6.07, 6.45) is 1.82. The van der Waals surface area contributed by atoms with Crippen LogP contribution in [0.15, 0.2) is 18.3 Å². The highest BCUT2D eigenvalue weighted by molar-refractivity contribution is 5.31. The van der Waals surface area contributed by atoms with Gasteiger partial charge in [-0.3, -0.25) is 4.98 Å². The van der Waals surface area contributed by atoms with Crippen LogP contribution in [-0.4, -0.2) is 25.2 Å². The predicted molar refractivity (Wildman–Crippen MR) is 46.4 cm³/mol. The molecular formula is C9H12N2O. The molecule has 2 heterocycles. The van der Waals surface area contributed by atoms with Gasteiger partial charge >= 0.3 is 0 Å². The first-order valence-corrected chi connectivity index (χ1v) is 4.11. The van der Waals surface area contributed by atoms with Crippen LogP contribution in [0.2, 0.25) is 0 Å². The van der Waals surface area contributed by atoms with E-state index >= 15 is 0 Å². The molecule has 12 heavy (non-hydrogen) atoms. The molecule has 0 radical (unpaired) electrons. The average Bonchev–Trinajstić information content (AvgIpc) is 2.02. The number of hydrogen-bond donors (Lipinski definition) is 1. The summed E-state index contributed by atoms with van der Waals surface area (Å²) < 4.78 is 5.21. The van der Waals surface area contributed by atoms with E-state index < -0.39 is 0 Å². The van der Waals surface area contributed by atoms with Gasteiger partial charge in [0.15, 0.2) is 0 Å². The van der Waals surface area contributed by atoms with Gasteiger partial charge in [0, 0.05) is 25.2 Å². The first-order valence-electron chi connectivity index (χ1n) is 4.11. The third kappa shape index (κ3) is 1.16. The van der Waals surface area contributed by atoms with Gasteiger partial charge in [0.05, 0.1) is 12.8 Å². The van der Waals surface area contributed by atoms with Crippen molar-refractivity contribution in [2.75, 3.05) is 20.2 Å². The van der Waals surface area contributed by atoms with Crippen molar-refractivity contribution in [1.29, 1.82) is 0 Å². The minimum absolute atomic E-state index is 0.543. The van der Waals surface area contributed by atoms with Crippen LogP contribution in [-0.2, 0) is 0 Å². The lowest BCUT2D eigenvalue weighted by atomic mass is 9.98. The topological polar surface area (TPSA) is 34.1 Å². The fraction of sp³-hybridized carbons (Fsp3) is 0.444. The molecule has 1 N–H and O–H groups in total. The summed E-state index contributed by atoms with van der Waals surface area (Å²) in [6, 6.07) is 3.86. The normalized spacial score (nSPS) is 17.1. The zero-order valence-electron chi connectivity index (χ0n) is 7.08. The van der Waals surface area contributed by atoms with E-state index in [-0.39, 0.29) is 0 Å². The molecule has 1 aliphatic rings. The van der Waals surface area contributed by atoms with Crippen LogP contribution in [0.25, 0.3) is 0 Å². The number of nitrogens with zero attached hydrogens (tertiary/aromatic N) is 1. The second-order valence-corrected chi connectivity index (χ2v) is 2.95. The Bertz CT molecular complexity index is 271. The van der Waals surface area contributed by atoms with E-state index in [1.165, 1.54) is 0 Å². The standard InChI is InChI=1S/C9H12N2O/c1-12-8-3-2-4-11-9(8)7-5-10-6-7/h2-4,7,10H,5-6H2,1H3. The van der Waals surface area contributed by atoms with Crippen LogP contribution in [0.1, 0.15) is 11.6 Å².